The third kappa shape index (κ3) is 3.01. The van der Waals surface area contributed by atoms with Gasteiger partial charge in [0.05, 0.1) is 12.8 Å². The Hall–Kier alpha value is -2.34. The van der Waals surface area contributed by atoms with Crippen LogP contribution in [0.1, 0.15) is 29.0 Å². The van der Waals surface area contributed by atoms with Crippen molar-refractivity contribution >= 4 is 11.8 Å². The lowest BCUT2D eigenvalue weighted by Gasteiger charge is -2.13. The van der Waals surface area contributed by atoms with Crippen molar-refractivity contribution in [1.82, 2.24) is 14.5 Å². The molecule has 0 atom stereocenters. The van der Waals surface area contributed by atoms with E-state index in [4.69, 9.17) is 4.42 Å². The minimum absolute atomic E-state index is 0.194. The molecule has 0 radical (unpaired) electrons. The Morgan fingerprint density at radius 1 is 1.25 bits per heavy atom. The molecule has 0 fully saturated rings. The van der Waals surface area contributed by atoms with Crippen LogP contribution in [0.5, 0.6) is 0 Å². The van der Waals surface area contributed by atoms with E-state index in [-0.39, 0.29) is 5.69 Å². The molecule has 0 aliphatic heterocycles. The first-order chi connectivity index (χ1) is 11.8. The molecular weight excluding hydrogens is 322 g/mol. The van der Waals surface area contributed by atoms with E-state index in [1.165, 1.54) is 5.56 Å². The summed E-state index contributed by atoms with van der Waals surface area (Å²) in [5.74, 6) is 1.55. The highest BCUT2D eigenvalue weighted by Gasteiger charge is 2.22. The molecule has 1 aliphatic rings. The van der Waals surface area contributed by atoms with E-state index < -0.39 is 0 Å². The van der Waals surface area contributed by atoms with E-state index in [2.05, 4.69) is 9.97 Å². The number of rotatable bonds is 5. The highest BCUT2D eigenvalue weighted by molar-refractivity contribution is 7.98. The van der Waals surface area contributed by atoms with Crippen LogP contribution in [0.25, 0.3) is 0 Å². The standard InChI is InChI=1S/C18H17N3O2S/c22-18-20-17(24-12-13-4-2-8-19-10-13)15-6-1-7-16(15)21(18)11-14-5-3-9-23-14/h2-5,8-10H,1,6-7,11-12H2. The number of pyridine rings is 1. The highest BCUT2D eigenvalue weighted by Crippen LogP contribution is 2.31. The fraction of sp³-hybridized carbons (Fsp3) is 0.278. The molecule has 0 spiro atoms. The van der Waals surface area contributed by atoms with Gasteiger partial charge in [-0.25, -0.2) is 4.79 Å². The maximum Gasteiger partial charge on any atom is 0.349 e. The van der Waals surface area contributed by atoms with Gasteiger partial charge >= 0.3 is 5.69 Å². The van der Waals surface area contributed by atoms with Gasteiger partial charge in [-0.1, -0.05) is 6.07 Å². The van der Waals surface area contributed by atoms with Crippen molar-refractivity contribution in [1.29, 1.82) is 0 Å². The Morgan fingerprint density at radius 2 is 2.21 bits per heavy atom. The third-order valence-electron chi connectivity index (χ3n) is 4.19. The van der Waals surface area contributed by atoms with Crippen LogP contribution in [-0.4, -0.2) is 14.5 Å². The lowest BCUT2D eigenvalue weighted by Crippen LogP contribution is -2.27. The summed E-state index contributed by atoms with van der Waals surface area (Å²) < 4.78 is 7.15. The van der Waals surface area contributed by atoms with Gasteiger partial charge in [0, 0.05) is 29.4 Å². The molecule has 122 valence electrons. The molecular formula is C18H17N3O2S. The van der Waals surface area contributed by atoms with Gasteiger partial charge in [0.1, 0.15) is 10.8 Å². The molecule has 3 heterocycles. The average Bonchev–Trinajstić information content (AvgIpc) is 3.28. The number of aromatic nitrogens is 3. The molecule has 5 nitrogen and oxygen atoms in total. The van der Waals surface area contributed by atoms with Gasteiger partial charge in [0.15, 0.2) is 0 Å². The summed E-state index contributed by atoms with van der Waals surface area (Å²) in [5.41, 5.74) is 3.27. The van der Waals surface area contributed by atoms with E-state index in [1.54, 1.807) is 28.8 Å². The molecule has 3 aromatic heterocycles. The van der Waals surface area contributed by atoms with E-state index in [9.17, 15) is 4.79 Å². The number of thioether (sulfide) groups is 1. The van der Waals surface area contributed by atoms with Crippen LogP contribution < -0.4 is 5.69 Å². The molecule has 4 rings (SSSR count). The molecule has 0 saturated heterocycles. The van der Waals surface area contributed by atoms with Gasteiger partial charge in [-0.05, 0) is 43.0 Å². The lowest BCUT2D eigenvalue weighted by atomic mass is 10.2. The van der Waals surface area contributed by atoms with Crippen LogP contribution in [0.2, 0.25) is 0 Å². The monoisotopic (exact) mass is 339 g/mol. The Bertz CT molecular complexity index is 889. The minimum atomic E-state index is -0.194. The molecule has 0 unspecified atom stereocenters. The topological polar surface area (TPSA) is 60.9 Å². The Labute approximate surface area is 143 Å². The van der Waals surface area contributed by atoms with Gasteiger partial charge < -0.3 is 4.42 Å². The summed E-state index contributed by atoms with van der Waals surface area (Å²) in [6.45, 7) is 0.453. The predicted molar refractivity (Wildman–Crippen MR) is 92.1 cm³/mol. The minimum Gasteiger partial charge on any atom is -0.467 e. The summed E-state index contributed by atoms with van der Waals surface area (Å²) in [6, 6.07) is 7.69. The summed E-state index contributed by atoms with van der Waals surface area (Å²) in [4.78, 5) is 21.0. The Balaban J connectivity index is 1.63. The zero-order chi connectivity index (χ0) is 16.4. The molecule has 24 heavy (non-hydrogen) atoms. The summed E-state index contributed by atoms with van der Waals surface area (Å²) in [6.07, 6.45) is 8.22. The average molecular weight is 339 g/mol. The normalized spacial score (nSPS) is 13.2. The molecule has 3 aromatic rings. The summed E-state index contributed by atoms with van der Waals surface area (Å²) in [7, 11) is 0. The third-order valence-corrected chi connectivity index (χ3v) is 5.28. The SMILES string of the molecule is O=c1nc(SCc2cccnc2)c2c(n1Cc1ccco1)CCC2. The van der Waals surface area contributed by atoms with Gasteiger partial charge in [0.2, 0.25) is 0 Å². The Morgan fingerprint density at radius 3 is 3.00 bits per heavy atom. The van der Waals surface area contributed by atoms with Crippen molar-refractivity contribution in [3.05, 3.63) is 76.0 Å². The number of hydrogen-bond acceptors (Lipinski definition) is 5. The number of fused-ring (bicyclic) bond motifs is 1. The molecule has 6 heteroatoms. The van der Waals surface area contributed by atoms with Crippen LogP contribution in [0, 0.1) is 0 Å². The van der Waals surface area contributed by atoms with Crippen LogP contribution in [0.3, 0.4) is 0 Å². The molecule has 0 amide bonds. The van der Waals surface area contributed by atoms with E-state index in [0.717, 1.165) is 47.1 Å². The second-order valence-corrected chi connectivity index (χ2v) is 6.76. The van der Waals surface area contributed by atoms with Crippen molar-refractivity contribution in [2.24, 2.45) is 0 Å². The summed E-state index contributed by atoms with van der Waals surface area (Å²) in [5, 5.41) is 0.868. The molecule has 1 aliphatic carbocycles. The second kappa shape index (κ2) is 6.65. The molecule has 0 bridgehead atoms. The fourth-order valence-corrected chi connectivity index (χ4v) is 4.07. The smallest absolute Gasteiger partial charge is 0.349 e. The van der Waals surface area contributed by atoms with E-state index in [1.807, 2.05) is 30.5 Å². The first-order valence-corrected chi connectivity index (χ1v) is 8.96. The van der Waals surface area contributed by atoms with E-state index in [0.29, 0.717) is 6.54 Å². The van der Waals surface area contributed by atoms with E-state index >= 15 is 0 Å². The van der Waals surface area contributed by atoms with Crippen molar-refractivity contribution < 1.29 is 4.42 Å². The number of furan rings is 1. The van der Waals surface area contributed by atoms with Crippen LogP contribution in [-0.2, 0) is 25.1 Å². The maximum absolute atomic E-state index is 12.5. The second-order valence-electron chi connectivity index (χ2n) is 5.79. The molecule has 0 N–H and O–H groups in total. The largest absolute Gasteiger partial charge is 0.467 e. The van der Waals surface area contributed by atoms with Gasteiger partial charge in [0.25, 0.3) is 0 Å². The number of nitrogens with zero attached hydrogens (tertiary/aromatic N) is 3. The van der Waals surface area contributed by atoms with Crippen LogP contribution >= 0.6 is 11.8 Å². The summed E-state index contributed by atoms with van der Waals surface area (Å²) >= 11 is 1.62. The quantitative estimate of drug-likeness (QED) is 0.528. The van der Waals surface area contributed by atoms with Crippen molar-refractivity contribution in [3.63, 3.8) is 0 Å². The maximum atomic E-state index is 12.5. The van der Waals surface area contributed by atoms with Gasteiger partial charge in [-0.2, -0.15) is 4.98 Å². The van der Waals surface area contributed by atoms with Crippen molar-refractivity contribution in [2.75, 3.05) is 0 Å². The van der Waals surface area contributed by atoms with Crippen LogP contribution in [0.15, 0.2) is 57.2 Å². The molecule has 0 saturated carbocycles. The Kier molecular flexibility index (Phi) is 4.21. The van der Waals surface area contributed by atoms with Gasteiger partial charge in [-0.15, -0.1) is 11.8 Å². The van der Waals surface area contributed by atoms with Crippen LogP contribution in [0.4, 0.5) is 0 Å². The van der Waals surface area contributed by atoms with Gasteiger partial charge in [-0.3, -0.25) is 9.55 Å². The van der Waals surface area contributed by atoms with Crippen molar-refractivity contribution in [2.45, 2.75) is 36.6 Å². The zero-order valence-electron chi connectivity index (χ0n) is 13.1. The predicted octanol–water partition coefficient (Wildman–Crippen LogP) is 3.06. The lowest BCUT2D eigenvalue weighted by molar-refractivity contribution is 0.481. The number of hydrogen-bond donors (Lipinski definition) is 0. The first-order valence-electron chi connectivity index (χ1n) is 7.98. The highest BCUT2D eigenvalue weighted by atomic mass is 32.2. The molecule has 0 aromatic carbocycles. The van der Waals surface area contributed by atoms with Crippen molar-refractivity contribution in [3.8, 4) is 0 Å². The zero-order valence-corrected chi connectivity index (χ0v) is 14.0. The first kappa shape index (κ1) is 15.2. The fourth-order valence-electron chi connectivity index (χ4n) is 3.06.